The first-order chi connectivity index (χ1) is 13.5. The topological polar surface area (TPSA) is 77.0 Å². The van der Waals surface area contributed by atoms with E-state index in [1.807, 2.05) is 32.0 Å². The fourth-order valence-electron chi connectivity index (χ4n) is 3.57. The van der Waals surface area contributed by atoms with Gasteiger partial charge in [-0.2, -0.15) is 0 Å². The third-order valence-electron chi connectivity index (χ3n) is 4.95. The van der Waals surface area contributed by atoms with Gasteiger partial charge in [0.15, 0.2) is 0 Å². The van der Waals surface area contributed by atoms with Crippen LogP contribution in [0.2, 0.25) is 0 Å². The molecule has 1 aliphatic heterocycles. The molecule has 2 heterocycles. The predicted octanol–water partition coefficient (Wildman–Crippen LogP) is 3.71. The number of fused-ring (bicyclic) bond motifs is 1. The molecule has 0 spiro atoms. The number of carbonyl (C=O) groups excluding carboxylic acids is 1. The van der Waals surface area contributed by atoms with E-state index in [0.717, 1.165) is 24.1 Å². The molecule has 6 nitrogen and oxygen atoms in total. The van der Waals surface area contributed by atoms with E-state index in [4.69, 9.17) is 5.73 Å². The number of carbonyl (C=O) groups is 1. The standard InChI is InChI=1S/C21H22FN5O/c1-13(2)20-24-19(25-27(20)18-10-4-3-8-15(18)22)21(28)26-12-6-7-14-16(23)9-5-11-17(14)26/h3-5,8-11,13H,6-7,12,23H2,1-2H3. The molecule has 0 aliphatic carbocycles. The van der Waals surface area contributed by atoms with Crippen molar-refractivity contribution in [1.29, 1.82) is 0 Å². The van der Waals surface area contributed by atoms with Gasteiger partial charge in [0.1, 0.15) is 17.3 Å². The van der Waals surface area contributed by atoms with Gasteiger partial charge < -0.3 is 10.6 Å². The Morgan fingerprint density at radius 1 is 1.14 bits per heavy atom. The number of benzene rings is 2. The van der Waals surface area contributed by atoms with E-state index >= 15 is 0 Å². The number of halogens is 1. The van der Waals surface area contributed by atoms with Crippen molar-refractivity contribution >= 4 is 17.3 Å². The van der Waals surface area contributed by atoms with E-state index in [9.17, 15) is 9.18 Å². The molecule has 3 aromatic rings. The average Bonchev–Trinajstić information content (AvgIpc) is 3.13. The lowest BCUT2D eigenvalue weighted by Crippen LogP contribution is -2.36. The van der Waals surface area contributed by atoms with E-state index in [-0.39, 0.29) is 23.3 Å². The summed E-state index contributed by atoms with van der Waals surface area (Å²) in [7, 11) is 0. The number of hydrogen-bond donors (Lipinski definition) is 1. The number of aromatic nitrogens is 3. The Hall–Kier alpha value is -3.22. The fraction of sp³-hybridized carbons (Fsp3) is 0.286. The van der Waals surface area contributed by atoms with Gasteiger partial charge in [-0.1, -0.05) is 32.0 Å². The summed E-state index contributed by atoms with van der Waals surface area (Å²) in [6, 6.07) is 11.9. The van der Waals surface area contributed by atoms with Gasteiger partial charge in [-0.3, -0.25) is 4.79 Å². The van der Waals surface area contributed by atoms with E-state index in [1.165, 1.54) is 10.7 Å². The molecule has 28 heavy (non-hydrogen) atoms. The van der Waals surface area contributed by atoms with Crippen LogP contribution >= 0.6 is 0 Å². The lowest BCUT2D eigenvalue weighted by molar-refractivity contribution is 0.0975. The van der Waals surface area contributed by atoms with Crippen molar-refractivity contribution < 1.29 is 9.18 Å². The number of anilines is 2. The molecule has 1 amide bonds. The molecular formula is C21H22FN5O. The van der Waals surface area contributed by atoms with Crippen molar-refractivity contribution in [1.82, 2.24) is 14.8 Å². The van der Waals surface area contributed by atoms with Crippen LogP contribution in [-0.2, 0) is 6.42 Å². The highest BCUT2D eigenvalue weighted by Gasteiger charge is 2.29. The molecule has 0 fully saturated rings. The minimum atomic E-state index is -0.413. The van der Waals surface area contributed by atoms with Crippen LogP contribution in [0.25, 0.3) is 5.69 Å². The molecule has 0 bridgehead atoms. The molecule has 0 atom stereocenters. The van der Waals surface area contributed by atoms with Crippen LogP contribution in [0.5, 0.6) is 0 Å². The number of hydrogen-bond acceptors (Lipinski definition) is 4. The van der Waals surface area contributed by atoms with Gasteiger partial charge in [0.05, 0.1) is 0 Å². The summed E-state index contributed by atoms with van der Waals surface area (Å²) in [4.78, 5) is 19.4. The summed E-state index contributed by atoms with van der Waals surface area (Å²) >= 11 is 0. The molecule has 2 N–H and O–H groups in total. The largest absolute Gasteiger partial charge is 0.398 e. The van der Waals surface area contributed by atoms with Crippen LogP contribution in [0.15, 0.2) is 42.5 Å². The Kier molecular flexibility index (Phi) is 4.58. The number of nitrogen functional groups attached to an aromatic ring is 1. The zero-order valence-electron chi connectivity index (χ0n) is 15.9. The molecule has 0 radical (unpaired) electrons. The van der Waals surface area contributed by atoms with Crippen molar-refractivity contribution in [3.8, 4) is 5.69 Å². The monoisotopic (exact) mass is 379 g/mol. The van der Waals surface area contributed by atoms with Gasteiger partial charge in [-0.15, -0.1) is 5.10 Å². The van der Waals surface area contributed by atoms with Crippen molar-refractivity contribution in [3.05, 3.63) is 65.5 Å². The molecule has 1 aromatic heterocycles. The van der Waals surface area contributed by atoms with Crippen LogP contribution in [0, 0.1) is 5.82 Å². The predicted molar refractivity (Wildman–Crippen MR) is 106 cm³/mol. The highest BCUT2D eigenvalue weighted by atomic mass is 19.1. The van der Waals surface area contributed by atoms with Crippen molar-refractivity contribution in [2.45, 2.75) is 32.6 Å². The summed E-state index contributed by atoms with van der Waals surface area (Å²) < 4.78 is 15.8. The first kappa shape index (κ1) is 18.2. The fourth-order valence-corrected chi connectivity index (χ4v) is 3.57. The average molecular weight is 379 g/mol. The lowest BCUT2D eigenvalue weighted by Gasteiger charge is -2.29. The number of amides is 1. The quantitative estimate of drug-likeness (QED) is 0.704. The Bertz CT molecular complexity index is 1040. The molecule has 2 aromatic carbocycles. The summed E-state index contributed by atoms with van der Waals surface area (Å²) in [5.74, 6) is -0.147. The normalized spacial score (nSPS) is 13.6. The van der Waals surface area contributed by atoms with Crippen LogP contribution in [0.3, 0.4) is 0 Å². The lowest BCUT2D eigenvalue weighted by atomic mass is 10.00. The maximum Gasteiger partial charge on any atom is 0.297 e. The van der Waals surface area contributed by atoms with E-state index in [0.29, 0.717) is 18.1 Å². The molecule has 0 saturated carbocycles. The van der Waals surface area contributed by atoms with Crippen molar-refractivity contribution in [2.24, 2.45) is 0 Å². The smallest absolute Gasteiger partial charge is 0.297 e. The van der Waals surface area contributed by atoms with E-state index in [2.05, 4.69) is 10.1 Å². The van der Waals surface area contributed by atoms with Gasteiger partial charge in [0, 0.05) is 23.8 Å². The third kappa shape index (κ3) is 3.02. The number of para-hydroxylation sites is 1. The van der Waals surface area contributed by atoms with E-state index < -0.39 is 5.82 Å². The zero-order chi connectivity index (χ0) is 19.8. The maximum atomic E-state index is 14.3. The second-order valence-corrected chi connectivity index (χ2v) is 7.22. The van der Waals surface area contributed by atoms with Gasteiger partial charge in [0.2, 0.25) is 5.82 Å². The highest BCUT2D eigenvalue weighted by Crippen LogP contribution is 2.32. The molecule has 7 heteroatoms. The minimum Gasteiger partial charge on any atom is -0.398 e. The summed E-state index contributed by atoms with van der Waals surface area (Å²) in [5, 5.41) is 4.38. The Morgan fingerprint density at radius 2 is 1.89 bits per heavy atom. The number of nitrogens with zero attached hydrogens (tertiary/aromatic N) is 4. The van der Waals surface area contributed by atoms with Crippen molar-refractivity contribution in [2.75, 3.05) is 17.2 Å². The second kappa shape index (κ2) is 7.07. The SMILES string of the molecule is CC(C)c1nc(C(=O)N2CCCc3c(N)cccc32)nn1-c1ccccc1F. The summed E-state index contributed by atoms with van der Waals surface area (Å²) in [6.45, 7) is 4.44. The van der Waals surface area contributed by atoms with Crippen LogP contribution in [-0.4, -0.2) is 27.2 Å². The second-order valence-electron chi connectivity index (χ2n) is 7.22. The van der Waals surface area contributed by atoms with E-state index in [1.54, 1.807) is 23.1 Å². The molecule has 1 aliphatic rings. The maximum absolute atomic E-state index is 14.3. The van der Waals surface area contributed by atoms with Gasteiger partial charge in [-0.25, -0.2) is 14.1 Å². The molecule has 4 rings (SSSR count). The Morgan fingerprint density at radius 3 is 2.64 bits per heavy atom. The third-order valence-corrected chi connectivity index (χ3v) is 4.95. The van der Waals surface area contributed by atoms with Crippen LogP contribution in [0.4, 0.5) is 15.8 Å². The number of nitrogens with two attached hydrogens (primary N) is 1. The molecule has 0 saturated heterocycles. The first-order valence-electron chi connectivity index (χ1n) is 9.38. The molecule has 144 valence electrons. The zero-order valence-corrected chi connectivity index (χ0v) is 15.9. The first-order valence-corrected chi connectivity index (χ1v) is 9.38. The molecular weight excluding hydrogens is 357 g/mol. The molecule has 0 unspecified atom stereocenters. The Labute approximate surface area is 162 Å². The summed E-state index contributed by atoms with van der Waals surface area (Å²) in [6.07, 6.45) is 1.65. The van der Waals surface area contributed by atoms with Gasteiger partial charge in [-0.05, 0) is 42.7 Å². The van der Waals surface area contributed by atoms with Gasteiger partial charge >= 0.3 is 0 Å². The highest BCUT2D eigenvalue weighted by molar-refractivity contribution is 6.04. The number of rotatable bonds is 3. The minimum absolute atomic E-state index is 0.0297. The van der Waals surface area contributed by atoms with Crippen LogP contribution in [0.1, 0.15) is 48.2 Å². The van der Waals surface area contributed by atoms with Crippen LogP contribution < -0.4 is 10.6 Å². The van der Waals surface area contributed by atoms with Crippen molar-refractivity contribution in [3.63, 3.8) is 0 Å². The Balaban J connectivity index is 1.77. The summed E-state index contributed by atoms with van der Waals surface area (Å²) in [5.41, 5.74) is 8.82. The van der Waals surface area contributed by atoms with Gasteiger partial charge in [0.25, 0.3) is 5.91 Å².